The van der Waals surface area contributed by atoms with Crippen molar-refractivity contribution >= 4 is 50.2 Å². The molecule has 1 aromatic rings. The van der Waals surface area contributed by atoms with Crippen LogP contribution in [0.25, 0.3) is 0 Å². The lowest BCUT2D eigenvalue weighted by molar-refractivity contribution is 0.480. The second-order valence-electron chi connectivity index (χ2n) is 3.35. The molecule has 0 saturated heterocycles. The molecule has 0 aliphatic heterocycles. The minimum Gasteiger partial charge on any atom is -0.282 e. The van der Waals surface area contributed by atoms with Gasteiger partial charge >= 0.3 is 19.8 Å². The van der Waals surface area contributed by atoms with E-state index in [9.17, 15) is 31.4 Å². The monoisotopic (exact) mass is 492 g/mol. The standard InChI is InChI=1S/C6H5IO8S2.H4N2O2S/c8-7(9)5-2-1-4(16(10,11)12)3-6(5)17(13,14)15;1-5(2,3)4/h1-3H,(H,10,11,12)(H,13,14,15);(H4,1,2,3,4). The van der Waals surface area contributed by atoms with Gasteiger partial charge in [0, 0.05) is 0 Å². The maximum absolute atomic E-state index is 10.9. The van der Waals surface area contributed by atoms with Crippen molar-refractivity contribution in [2.24, 2.45) is 10.3 Å². The molecule has 0 spiro atoms. The molecule has 0 heterocycles. The summed E-state index contributed by atoms with van der Waals surface area (Å²) in [5.74, 6) is 0. The third-order valence-electron chi connectivity index (χ3n) is 1.64. The first-order valence-electron chi connectivity index (χ1n) is 4.48. The SMILES string of the molecule is NS(N)(=O)=O.O=I(=O)c1ccc(S(=O)(=O)O)cc1S(=O)(=O)O. The van der Waals surface area contributed by atoms with Gasteiger partial charge < -0.3 is 0 Å². The Kier molecular flexibility index (Phi) is 6.96. The lowest BCUT2D eigenvalue weighted by atomic mass is 10.4. The van der Waals surface area contributed by atoms with Gasteiger partial charge in [-0.3, -0.25) is 9.11 Å². The molecule has 12 nitrogen and oxygen atoms in total. The molecule has 0 aliphatic rings. The van der Waals surface area contributed by atoms with Crippen molar-refractivity contribution in [3.05, 3.63) is 21.8 Å². The molecule has 1 rings (SSSR count). The van der Waals surface area contributed by atoms with Crippen LogP contribution in [0.5, 0.6) is 0 Å². The number of nitrogens with two attached hydrogens (primary N) is 2. The molecular weight excluding hydrogens is 483 g/mol. The molecule has 0 saturated carbocycles. The van der Waals surface area contributed by atoms with E-state index in [1.165, 1.54) is 0 Å². The second kappa shape index (κ2) is 7.21. The lowest BCUT2D eigenvalue weighted by Gasteiger charge is -2.02. The number of hydrogen-bond donors (Lipinski definition) is 4. The molecule has 128 valence electrons. The normalized spacial score (nSPS) is 12.6. The maximum Gasteiger partial charge on any atom is 0.342 e. The van der Waals surface area contributed by atoms with Crippen molar-refractivity contribution in [2.75, 3.05) is 0 Å². The average Bonchev–Trinajstić information content (AvgIpc) is 2.23. The fraction of sp³-hybridized carbons (Fsp3) is 0. The summed E-state index contributed by atoms with van der Waals surface area (Å²) in [6.07, 6.45) is 0. The van der Waals surface area contributed by atoms with Crippen molar-refractivity contribution < 1.29 is 40.5 Å². The zero-order valence-corrected chi connectivity index (χ0v) is 14.8. The van der Waals surface area contributed by atoms with Crippen LogP contribution in [0.3, 0.4) is 0 Å². The molecule has 0 bridgehead atoms. The predicted molar refractivity (Wildman–Crippen MR) is 77.5 cm³/mol. The highest BCUT2D eigenvalue weighted by atomic mass is 127. The summed E-state index contributed by atoms with van der Waals surface area (Å²) in [6, 6.07) is 1.79. The number of rotatable bonds is 3. The first-order valence-corrected chi connectivity index (χ1v) is 11.8. The molecule has 0 amide bonds. The Morgan fingerprint density at radius 3 is 1.55 bits per heavy atom. The highest BCUT2D eigenvalue weighted by Crippen LogP contribution is 2.27. The summed E-state index contributed by atoms with van der Waals surface area (Å²) >= 11 is -4.23. The molecule has 0 unspecified atom stereocenters. The molecular formula is C6H9IN2O10S3. The Morgan fingerprint density at radius 2 is 1.27 bits per heavy atom. The number of hydrogen-bond acceptors (Lipinski definition) is 8. The van der Waals surface area contributed by atoms with Gasteiger partial charge in [-0.15, -0.1) is 0 Å². The van der Waals surface area contributed by atoms with E-state index in [4.69, 9.17) is 9.11 Å². The van der Waals surface area contributed by atoms with Crippen LogP contribution in [0.4, 0.5) is 0 Å². The topological polar surface area (TPSA) is 229 Å². The second-order valence-corrected chi connectivity index (χ2v) is 9.74. The van der Waals surface area contributed by atoms with E-state index >= 15 is 0 Å². The fourth-order valence-corrected chi connectivity index (χ4v) is 4.46. The van der Waals surface area contributed by atoms with E-state index in [1.807, 2.05) is 0 Å². The van der Waals surface area contributed by atoms with E-state index in [2.05, 4.69) is 10.3 Å². The summed E-state index contributed by atoms with van der Waals surface area (Å²) in [5.41, 5.74) is 0. The van der Waals surface area contributed by atoms with Gasteiger partial charge in [-0.1, -0.05) is 0 Å². The average molecular weight is 492 g/mol. The molecule has 1 aromatic carbocycles. The van der Waals surface area contributed by atoms with Crippen molar-refractivity contribution in [3.63, 3.8) is 0 Å². The molecule has 0 aliphatic carbocycles. The first-order chi connectivity index (χ1) is 9.53. The number of benzene rings is 1. The van der Waals surface area contributed by atoms with Gasteiger partial charge in [0.15, 0.2) is 0 Å². The maximum atomic E-state index is 10.9. The quantitative estimate of drug-likeness (QED) is 0.288. The summed E-state index contributed by atoms with van der Waals surface area (Å²) < 4.78 is 99.8. The zero-order chi connectivity index (χ0) is 17.9. The molecule has 16 heteroatoms. The van der Waals surface area contributed by atoms with Crippen molar-refractivity contribution in [2.45, 2.75) is 9.79 Å². The Hall–Kier alpha value is -0.760. The molecule has 22 heavy (non-hydrogen) atoms. The highest BCUT2D eigenvalue weighted by molar-refractivity contribution is 14.2. The van der Waals surface area contributed by atoms with Gasteiger partial charge in [0.05, 0.1) is 8.47 Å². The van der Waals surface area contributed by atoms with Crippen LogP contribution in [0.1, 0.15) is 0 Å². The Bertz CT molecular complexity index is 928. The van der Waals surface area contributed by atoms with E-state index in [-0.39, 0.29) is 0 Å². The van der Waals surface area contributed by atoms with Crippen LogP contribution in [0, 0.1) is 3.57 Å². The van der Waals surface area contributed by atoms with Crippen molar-refractivity contribution in [1.29, 1.82) is 0 Å². The van der Waals surface area contributed by atoms with Crippen LogP contribution in [-0.2, 0) is 36.6 Å². The molecule has 0 fully saturated rings. The van der Waals surface area contributed by atoms with Gasteiger partial charge in [-0.25, -0.2) is 16.4 Å². The zero-order valence-electron chi connectivity index (χ0n) is 10.1. The minimum absolute atomic E-state index is 0.375. The lowest BCUT2D eigenvalue weighted by Crippen LogP contribution is -2.21. The third kappa shape index (κ3) is 8.03. The highest BCUT2D eigenvalue weighted by Gasteiger charge is 2.22. The van der Waals surface area contributed by atoms with E-state index < -0.39 is 63.6 Å². The Balaban J connectivity index is 0.000000763. The van der Waals surface area contributed by atoms with Crippen molar-refractivity contribution in [3.8, 4) is 0 Å². The largest absolute Gasteiger partial charge is 0.342 e. The molecule has 0 aromatic heterocycles. The van der Waals surface area contributed by atoms with Gasteiger partial charge in [0.2, 0.25) is 0 Å². The van der Waals surface area contributed by atoms with Gasteiger partial charge in [-0.2, -0.15) is 25.3 Å². The summed E-state index contributed by atoms with van der Waals surface area (Å²) in [4.78, 5) is -1.89. The minimum atomic E-state index is -4.90. The Labute approximate surface area is 132 Å². The number of halogens is 1. The van der Waals surface area contributed by atoms with Crippen LogP contribution in [0.2, 0.25) is 0 Å². The summed E-state index contributed by atoms with van der Waals surface area (Å²) in [7, 11) is -13.3. The summed E-state index contributed by atoms with van der Waals surface area (Å²) in [5, 5.41) is 8.21. The first kappa shape index (κ1) is 21.2. The van der Waals surface area contributed by atoms with Crippen LogP contribution in [0.15, 0.2) is 28.0 Å². The molecule has 0 atom stereocenters. The van der Waals surface area contributed by atoms with Crippen LogP contribution >= 0.6 is 19.8 Å². The fourth-order valence-electron chi connectivity index (χ4n) is 0.969. The van der Waals surface area contributed by atoms with Gasteiger partial charge in [0.25, 0.3) is 30.4 Å². The van der Waals surface area contributed by atoms with E-state index in [1.54, 1.807) is 0 Å². The van der Waals surface area contributed by atoms with Crippen LogP contribution < -0.4 is 10.3 Å². The summed E-state index contributed by atoms with van der Waals surface area (Å²) in [6.45, 7) is 0. The third-order valence-corrected chi connectivity index (χ3v) is 5.64. The van der Waals surface area contributed by atoms with Gasteiger partial charge in [-0.05, 0) is 18.2 Å². The van der Waals surface area contributed by atoms with Gasteiger partial charge in [0.1, 0.15) is 4.90 Å². The molecule has 6 N–H and O–H groups in total. The molecule has 0 radical (unpaired) electrons. The van der Waals surface area contributed by atoms with Crippen LogP contribution in [-0.4, -0.2) is 34.4 Å². The van der Waals surface area contributed by atoms with Crippen molar-refractivity contribution in [1.82, 2.24) is 0 Å². The van der Waals surface area contributed by atoms with E-state index in [0.29, 0.717) is 12.1 Å². The Morgan fingerprint density at radius 1 is 0.864 bits per heavy atom. The smallest absolute Gasteiger partial charge is 0.282 e. The predicted octanol–water partition coefficient (Wildman–Crippen LogP) is -1.30. The van der Waals surface area contributed by atoms with E-state index in [0.717, 1.165) is 6.07 Å².